The van der Waals surface area contributed by atoms with Crippen molar-refractivity contribution >= 4 is 56.7 Å². The van der Waals surface area contributed by atoms with Gasteiger partial charge in [0.15, 0.2) is 0 Å². The van der Waals surface area contributed by atoms with E-state index in [0.29, 0.717) is 30.6 Å². The molecule has 32 heavy (non-hydrogen) atoms. The van der Waals surface area contributed by atoms with Crippen molar-refractivity contribution < 1.29 is 14.3 Å². The van der Waals surface area contributed by atoms with Gasteiger partial charge in [-0.25, -0.2) is 4.98 Å². The molecule has 0 saturated heterocycles. The highest BCUT2D eigenvalue weighted by molar-refractivity contribution is 6.31. The van der Waals surface area contributed by atoms with Crippen LogP contribution in [0.25, 0.3) is 21.8 Å². The van der Waals surface area contributed by atoms with Crippen LogP contribution in [-0.4, -0.2) is 61.6 Å². The van der Waals surface area contributed by atoms with Crippen LogP contribution in [0.5, 0.6) is 5.75 Å². The molecule has 0 amide bonds. The van der Waals surface area contributed by atoms with Gasteiger partial charge in [-0.3, -0.25) is 9.69 Å². The Labute approximate surface area is 198 Å². The van der Waals surface area contributed by atoms with E-state index < -0.39 is 0 Å². The molecule has 3 rings (SSSR count). The average molecular weight is 478 g/mol. The normalized spacial score (nSPS) is 11.3. The number of pyridine rings is 1. The van der Waals surface area contributed by atoms with Gasteiger partial charge in [0, 0.05) is 41.3 Å². The van der Waals surface area contributed by atoms with Crippen LogP contribution in [0.3, 0.4) is 0 Å². The standard InChI is InChI=1S/C24H29Cl2N3O3/c1-3-11-29(12-9-25)13-14-32-23(30)8-10-27-24-19-6-4-17(26)15-22(19)28-21-7-5-18(31-2)16-20(21)24/h4-7,15-16H,3,8-14H2,1-2H3,(H,27,28). The van der Waals surface area contributed by atoms with Crippen LogP contribution in [-0.2, 0) is 9.53 Å². The maximum atomic E-state index is 12.2. The van der Waals surface area contributed by atoms with Crippen molar-refractivity contribution in [2.75, 3.05) is 51.1 Å². The number of anilines is 1. The van der Waals surface area contributed by atoms with E-state index in [4.69, 9.17) is 37.7 Å². The van der Waals surface area contributed by atoms with Crippen LogP contribution in [0.15, 0.2) is 36.4 Å². The van der Waals surface area contributed by atoms with E-state index in [1.54, 1.807) is 7.11 Å². The molecular formula is C24H29Cl2N3O3. The number of benzene rings is 2. The van der Waals surface area contributed by atoms with Crippen molar-refractivity contribution in [3.05, 3.63) is 41.4 Å². The minimum absolute atomic E-state index is 0.233. The van der Waals surface area contributed by atoms with E-state index in [1.807, 2.05) is 36.4 Å². The van der Waals surface area contributed by atoms with Gasteiger partial charge in [-0.15, -0.1) is 11.6 Å². The number of methoxy groups -OCH3 is 1. The first-order valence-electron chi connectivity index (χ1n) is 10.8. The Morgan fingerprint density at radius 1 is 1.09 bits per heavy atom. The highest BCUT2D eigenvalue weighted by Crippen LogP contribution is 2.34. The molecule has 6 nitrogen and oxygen atoms in total. The summed E-state index contributed by atoms with van der Waals surface area (Å²) in [4.78, 5) is 19.2. The second-order valence-corrected chi connectivity index (χ2v) is 8.27. The number of hydrogen-bond acceptors (Lipinski definition) is 6. The molecule has 1 aromatic heterocycles. The number of ether oxygens (including phenoxy) is 2. The Kier molecular flexibility index (Phi) is 9.21. The molecular weight excluding hydrogens is 449 g/mol. The number of carbonyl (C=O) groups is 1. The number of rotatable bonds is 12. The fourth-order valence-corrected chi connectivity index (χ4v) is 4.04. The second-order valence-electron chi connectivity index (χ2n) is 7.46. The number of aromatic nitrogens is 1. The Balaban J connectivity index is 1.67. The molecule has 0 unspecified atom stereocenters. The fourth-order valence-electron chi connectivity index (χ4n) is 3.64. The lowest BCUT2D eigenvalue weighted by atomic mass is 10.1. The summed E-state index contributed by atoms with van der Waals surface area (Å²) in [6, 6.07) is 11.3. The number of nitrogens with zero attached hydrogens (tertiary/aromatic N) is 2. The van der Waals surface area contributed by atoms with Gasteiger partial charge in [0.25, 0.3) is 0 Å². The van der Waals surface area contributed by atoms with Gasteiger partial charge < -0.3 is 14.8 Å². The van der Waals surface area contributed by atoms with E-state index in [2.05, 4.69) is 17.1 Å². The summed E-state index contributed by atoms with van der Waals surface area (Å²) in [7, 11) is 1.63. The first-order chi connectivity index (χ1) is 15.5. The minimum Gasteiger partial charge on any atom is -0.497 e. The quantitative estimate of drug-likeness (QED) is 0.215. The van der Waals surface area contributed by atoms with Gasteiger partial charge >= 0.3 is 5.97 Å². The molecule has 172 valence electrons. The number of esters is 1. The molecule has 1 heterocycles. The lowest BCUT2D eigenvalue weighted by Gasteiger charge is -2.20. The predicted octanol–water partition coefficient (Wildman–Crippen LogP) is 5.35. The first-order valence-corrected chi connectivity index (χ1v) is 11.7. The van der Waals surface area contributed by atoms with E-state index in [0.717, 1.165) is 52.8 Å². The predicted molar refractivity (Wildman–Crippen MR) is 132 cm³/mol. The molecule has 3 aromatic rings. The number of nitrogens with one attached hydrogen (secondary N) is 1. The zero-order valence-corrected chi connectivity index (χ0v) is 20.0. The zero-order valence-electron chi connectivity index (χ0n) is 18.5. The Morgan fingerprint density at radius 3 is 2.69 bits per heavy atom. The van der Waals surface area contributed by atoms with Crippen molar-refractivity contribution in [2.24, 2.45) is 0 Å². The number of hydrogen-bond donors (Lipinski definition) is 1. The molecule has 0 spiro atoms. The minimum atomic E-state index is -0.233. The Bertz CT molecular complexity index is 1060. The van der Waals surface area contributed by atoms with E-state index >= 15 is 0 Å². The highest BCUT2D eigenvalue weighted by Gasteiger charge is 2.12. The fraction of sp³-hybridized carbons (Fsp3) is 0.417. The van der Waals surface area contributed by atoms with Crippen molar-refractivity contribution in [2.45, 2.75) is 19.8 Å². The Morgan fingerprint density at radius 2 is 1.94 bits per heavy atom. The topological polar surface area (TPSA) is 63.7 Å². The molecule has 0 aliphatic carbocycles. The van der Waals surface area contributed by atoms with Gasteiger partial charge in [0.05, 0.1) is 30.3 Å². The van der Waals surface area contributed by atoms with Crippen LogP contribution in [0.1, 0.15) is 19.8 Å². The summed E-state index contributed by atoms with van der Waals surface area (Å²) in [6.45, 7) is 5.36. The average Bonchev–Trinajstić information content (AvgIpc) is 2.78. The molecule has 2 aromatic carbocycles. The smallest absolute Gasteiger partial charge is 0.307 e. The molecule has 0 bridgehead atoms. The summed E-state index contributed by atoms with van der Waals surface area (Å²) in [5.41, 5.74) is 2.50. The largest absolute Gasteiger partial charge is 0.497 e. The highest BCUT2D eigenvalue weighted by atomic mass is 35.5. The summed E-state index contributed by atoms with van der Waals surface area (Å²) >= 11 is 12.0. The van der Waals surface area contributed by atoms with Crippen molar-refractivity contribution in [1.82, 2.24) is 9.88 Å². The zero-order chi connectivity index (χ0) is 22.9. The lowest BCUT2D eigenvalue weighted by Crippen LogP contribution is -2.31. The molecule has 0 saturated carbocycles. The van der Waals surface area contributed by atoms with E-state index in [1.165, 1.54) is 0 Å². The third-order valence-corrected chi connectivity index (χ3v) is 5.59. The van der Waals surface area contributed by atoms with Gasteiger partial charge in [0.1, 0.15) is 12.4 Å². The Hall–Kier alpha value is -2.28. The summed E-state index contributed by atoms with van der Waals surface area (Å²) in [5.74, 6) is 1.08. The number of carbonyl (C=O) groups excluding carboxylic acids is 1. The molecule has 0 aliphatic rings. The van der Waals surface area contributed by atoms with Crippen molar-refractivity contribution in [1.29, 1.82) is 0 Å². The first kappa shape index (κ1) is 24.4. The van der Waals surface area contributed by atoms with Gasteiger partial charge in [-0.2, -0.15) is 0 Å². The van der Waals surface area contributed by atoms with Crippen molar-refractivity contribution in [3.8, 4) is 5.75 Å². The number of alkyl halides is 1. The molecule has 8 heteroatoms. The molecule has 0 radical (unpaired) electrons. The molecule has 0 fully saturated rings. The molecule has 0 atom stereocenters. The van der Waals surface area contributed by atoms with Crippen LogP contribution >= 0.6 is 23.2 Å². The van der Waals surface area contributed by atoms with Crippen LogP contribution in [0.2, 0.25) is 5.02 Å². The third-order valence-electron chi connectivity index (χ3n) is 5.19. The summed E-state index contributed by atoms with van der Waals surface area (Å²) in [6.07, 6.45) is 1.30. The number of fused-ring (bicyclic) bond motifs is 2. The van der Waals surface area contributed by atoms with E-state index in [-0.39, 0.29) is 12.4 Å². The second kappa shape index (κ2) is 12.1. The van der Waals surface area contributed by atoms with Gasteiger partial charge in [-0.05, 0) is 49.4 Å². The van der Waals surface area contributed by atoms with Crippen molar-refractivity contribution in [3.63, 3.8) is 0 Å². The maximum absolute atomic E-state index is 12.2. The maximum Gasteiger partial charge on any atom is 0.307 e. The van der Waals surface area contributed by atoms with Crippen LogP contribution < -0.4 is 10.1 Å². The van der Waals surface area contributed by atoms with Crippen LogP contribution in [0, 0.1) is 0 Å². The molecule has 1 N–H and O–H groups in total. The van der Waals surface area contributed by atoms with Gasteiger partial charge in [0.2, 0.25) is 0 Å². The lowest BCUT2D eigenvalue weighted by molar-refractivity contribution is -0.143. The van der Waals surface area contributed by atoms with Crippen LogP contribution in [0.4, 0.5) is 5.69 Å². The summed E-state index contributed by atoms with van der Waals surface area (Å²) in [5, 5.41) is 5.88. The SMILES string of the molecule is CCCN(CCCl)CCOC(=O)CCNc1c2ccc(Cl)cc2nc2ccc(OC)cc12. The van der Waals surface area contributed by atoms with E-state index in [9.17, 15) is 4.79 Å². The number of halogens is 2. The summed E-state index contributed by atoms with van der Waals surface area (Å²) < 4.78 is 10.8. The molecule has 0 aliphatic heterocycles. The monoisotopic (exact) mass is 477 g/mol. The van der Waals surface area contributed by atoms with Gasteiger partial charge in [-0.1, -0.05) is 18.5 Å². The third kappa shape index (κ3) is 6.37.